The third-order valence-electron chi connectivity index (χ3n) is 2.28. The lowest BCUT2D eigenvalue weighted by atomic mass is 10.3. The zero-order valence-corrected chi connectivity index (χ0v) is 12.5. The van der Waals surface area contributed by atoms with Crippen LogP contribution in [0.5, 0.6) is 0 Å². The average molecular weight is 303 g/mol. The van der Waals surface area contributed by atoms with Crippen LogP contribution in [0.1, 0.15) is 6.42 Å². The van der Waals surface area contributed by atoms with Gasteiger partial charge in [0.15, 0.2) is 0 Å². The second-order valence-corrected chi connectivity index (χ2v) is 7.21. The van der Waals surface area contributed by atoms with Crippen molar-refractivity contribution in [3.05, 3.63) is 0 Å². The molecule has 0 aliphatic heterocycles. The molecule has 10 heteroatoms. The maximum absolute atomic E-state index is 10.5. The summed E-state index contributed by atoms with van der Waals surface area (Å²) in [5, 5.41) is 9.47. The number of aliphatic hydroxyl groups excluding tert-OH is 1. The van der Waals surface area contributed by atoms with E-state index < -0.39 is 31.5 Å². The molecule has 0 fully saturated rings. The molecule has 3 N–H and O–H groups in total. The molecule has 1 unspecified atom stereocenters. The number of aliphatic hydroxyl groups is 1. The standard InChI is InChI=1S/C8H21NO7SSi/c1-9(2,4-3-5-16-18(14)15)6-8(10)7-17(11,12)13/h8,10,14-15,18H,3-7H2,1-2H3. The van der Waals surface area contributed by atoms with Crippen molar-refractivity contribution in [1.82, 2.24) is 0 Å². The first-order chi connectivity index (χ1) is 8.02. The molecule has 0 aromatic heterocycles. The van der Waals surface area contributed by atoms with E-state index in [1.807, 2.05) is 0 Å². The molecule has 0 aliphatic carbocycles. The van der Waals surface area contributed by atoms with Crippen LogP contribution < -0.4 is 0 Å². The molecule has 0 spiro atoms. The Bertz CT molecular complexity index is 332. The van der Waals surface area contributed by atoms with Crippen molar-refractivity contribution >= 4 is 19.6 Å². The molecule has 18 heavy (non-hydrogen) atoms. The summed E-state index contributed by atoms with van der Waals surface area (Å²) in [6, 6.07) is 0. The summed E-state index contributed by atoms with van der Waals surface area (Å²) in [6.45, 7) is 0.874. The smallest absolute Gasteiger partial charge is 0.478 e. The zero-order valence-electron chi connectivity index (χ0n) is 10.5. The minimum absolute atomic E-state index is 0.126. The predicted molar refractivity (Wildman–Crippen MR) is 64.6 cm³/mol. The molecule has 0 aromatic carbocycles. The molecular weight excluding hydrogens is 282 g/mol. The normalized spacial score (nSPS) is 15.1. The molecule has 0 bridgehead atoms. The molecule has 0 heterocycles. The Morgan fingerprint density at radius 1 is 1.39 bits per heavy atom. The molecule has 1 atom stereocenters. The number of rotatable bonds is 9. The van der Waals surface area contributed by atoms with E-state index in [0.717, 1.165) is 0 Å². The Morgan fingerprint density at radius 2 is 1.94 bits per heavy atom. The topological polar surface area (TPSA) is 127 Å². The van der Waals surface area contributed by atoms with E-state index in [9.17, 15) is 18.1 Å². The maximum Gasteiger partial charge on any atom is 0.478 e. The summed E-state index contributed by atoms with van der Waals surface area (Å²) in [5.41, 5.74) is 0. The van der Waals surface area contributed by atoms with E-state index in [4.69, 9.17) is 9.59 Å². The van der Waals surface area contributed by atoms with Crippen LogP contribution in [0.3, 0.4) is 0 Å². The molecule has 0 rings (SSSR count). The Hall–Kier alpha value is -0.0731. The van der Waals surface area contributed by atoms with Gasteiger partial charge in [0.05, 0.1) is 36.5 Å². The van der Waals surface area contributed by atoms with E-state index in [2.05, 4.69) is 4.43 Å². The van der Waals surface area contributed by atoms with Gasteiger partial charge in [0, 0.05) is 13.0 Å². The average Bonchev–Trinajstić information content (AvgIpc) is 2.07. The van der Waals surface area contributed by atoms with E-state index in [-0.39, 0.29) is 13.2 Å². The van der Waals surface area contributed by atoms with Gasteiger partial charge in [-0.1, -0.05) is 0 Å². The first-order valence-corrected chi connectivity index (χ1v) is 8.51. The summed E-state index contributed by atoms with van der Waals surface area (Å²) in [4.78, 5) is 17.2. The summed E-state index contributed by atoms with van der Waals surface area (Å²) >= 11 is 0. The second kappa shape index (κ2) is 7.50. The van der Waals surface area contributed by atoms with Crippen molar-refractivity contribution in [3.8, 4) is 0 Å². The summed E-state index contributed by atoms with van der Waals surface area (Å²) in [5.74, 6) is -0.798. The van der Waals surface area contributed by atoms with Crippen molar-refractivity contribution in [2.75, 3.05) is 39.5 Å². The molecule has 0 saturated carbocycles. The lowest BCUT2D eigenvalue weighted by Crippen LogP contribution is -2.48. The summed E-state index contributed by atoms with van der Waals surface area (Å²) < 4.78 is 36.4. The largest absolute Gasteiger partial charge is 0.748 e. The Balaban J connectivity index is 3.99. The van der Waals surface area contributed by atoms with Crippen molar-refractivity contribution in [3.63, 3.8) is 0 Å². The van der Waals surface area contributed by atoms with Gasteiger partial charge in [-0.2, -0.15) is 0 Å². The fourth-order valence-electron chi connectivity index (χ4n) is 1.63. The van der Waals surface area contributed by atoms with Crippen LogP contribution >= 0.6 is 0 Å². The van der Waals surface area contributed by atoms with Gasteiger partial charge in [-0.25, -0.2) is 8.42 Å². The third-order valence-corrected chi connectivity index (χ3v) is 3.60. The van der Waals surface area contributed by atoms with Crippen LogP contribution in [0.25, 0.3) is 0 Å². The lowest BCUT2D eigenvalue weighted by Gasteiger charge is -2.32. The molecule has 0 aromatic rings. The SMILES string of the molecule is C[N+](C)(CCCO[SiH](O)O)CC(O)CS(=O)(=O)[O-]. The van der Waals surface area contributed by atoms with Crippen LogP contribution in [0.15, 0.2) is 0 Å². The van der Waals surface area contributed by atoms with Gasteiger partial charge >= 0.3 is 9.53 Å². The number of hydrogen-bond donors (Lipinski definition) is 3. The van der Waals surface area contributed by atoms with Crippen LogP contribution in [-0.4, -0.2) is 87.3 Å². The highest BCUT2D eigenvalue weighted by Crippen LogP contribution is 2.04. The highest BCUT2D eigenvalue weighted by atomic mass is 32.2. The summed E-state index contributed by atoms with van der Waals surface area (Å²) in [7, 11) is -3.88. The number of quaternary nitrogens is 1. The molecule has 110 valence electrons. The Labute approximate surface area is 109 Å². The van der Waals surface area contributed by atoms with Crippen molar-refractivity contribution in [2.24, 2.45) is 0 Å². The first kappa shape index (κ1) is 17.9. The Morgan fingerprint density at radius 3 is 2.39 bits per heavy atom. The summed E-state index contributed by atoms with van der Waals surface area (Å²) in [6.07, 6.45) is -0.671. The first-order valence-electron chi connectivity index (χ1n) is 5.43. The third kappa shape index (κ3) is 11.0. The van der Waals surface area contributed by atoms with Gasteiger partial charge in [-0.3, -0.25) is 0 Å². The predicted octanol–water partition coefficient (Wildman–Crippen LogP) is -2.92. The van der Waals surface area contributed by atoms with Gasteiger partial charge in [0.2, 0.25) is 0 Å². The fraction of sp³-hybridized carbons (Fsp3) is 1.00. The number of hydrogen-bond acceptors (Lipinski definition) is 7. The van der Waals surface area contributed by atoms with Gasteiger partial charge in [-0.15, -0.1) is 0 Å². The fourth-order valence-corrected chi connectivity index (χ4v) is 2.59. The monoisotopic (exact) mass is 303 g/mol. The van der Waals surface area contributed by atoms with Crippen LogP contribution in [0.4, 0.5) is 0 Å². The van der Waals surface area contributed by atoms with Gasteiger partial charge in [0.25, 0.3) is 0 Å². The quantitative estimate of drug-likeness (QED) is 0.180. The molecule has 8 nitrogen and oxygen atoms in total. The number of nitrogens with zero attached hydrogens (tertiary/aromatic N) is 1. The van der Waals surface area contributed by atoms with Crippen LogP contribution in [-0.2, 0) is 14.5 Å². The van der Waals surface area contributed by atoms with E-state index >= 15 is 0 Å². The minimum Gasteiger partial charge on any atom is -0.748 e. The molecular formula is C8H21NO7SSi. The second-order valence-electron chi connectivity index (χ2n) is 4.77. The highest BCUT2D eigenvalue weighted by Gasteiger charge is 2.22. The highest BCUT2D eigenvalue weighted by molar-refractivity contribution is 7.85. The van der Waals surface area contributed by atoms with E-state index in [0.29, 0.717) is 17.4 Å². The van der Waals surface area contributed by atoms with Gasteiger partial charge in [0.1, 0.15) is 12.6 Å². The van der Waals surface area contributed by atoms with Crippen molar-refractivity contribution in [2.45, 2.75) is 12.5 Å². The molecule has 0 saturated heterocycles. The molecule has 0 amide bonds. The lowest BCUT2D eigenvalue weighted by molar-refractivity contribution is -0.893. The Kier molecular flexibility index (Phi) is 7.47. The van der Waals surface area contributed by atoms with E-state index in [1.165, 1.54) is 0 Å². The van der Waals surface area contributed by atoms with Gasteiger partial charge in [-0.05, 0) is 0 Å². The minimum atomic E-state index is -4.43. The van der Waals surface area contributed by atoms with E-state index in [1.54, 1.807) is 14.1 Å². The van der Waals surface area contributed by atoms with Crippen molar-refractivity contribution < 1.29 is 36.6 Å². The van der Waals surface area contributed by atoms with Gasteiger partial charge < -0.3 is 28.2 Å². The molecule has 0 radical (unpaired) electrons. The zero-order chi connectivity index (χ0) is 14.4. The maximum atomic E-state index is 10.5. The number of likely N-dealkylation sites (N-methyl/N-ethyl adjacent to an activating group) is 1. The van der Waals surface area contributed by atoms with Crippen LogP contribution in [0.2, 0.25) is 0 Å². The molecule has 0 aliphatic rings. The van der Waals surface area contributed by atoms with Crippen molar-refractivity contribution in [1.29, 1.82) is 0 Å². The van der Waals surface area contributed by atoms with Crippen LogP contribution in [0, 0.1) is 0 Å².